The van der Waals surface area contributed by atoms with Crippen LogP contribution in [0.25, 0.3) is 0 Å². The Kier molecular flexibility index (Phi) is 5.94. The van der Waals surface area contributed by atoms with Gasteiger partial charge in [-0.3, -0.25) is 0 Å². The first-order valence-electron chi connectivity index (χ1n) is 5.78. The van der Waals surface area contributed by atoms with Gasteiger partial charge in [0.05, 0.1) is 0 Å². The number of hydrogen-bond acceptors (Lipinski definition) is 3. The van der Waals surface area contributed by atoms with Gasteiger partial charge in [0.15, 0.2) is 0 Å². The van der Waals surface area contributed by atoms with E-state index in [4.69, 9.17) is 22.7 Å². The number of rotatable bonds is 7. The molecule has 3 nitrogen and oxygen atoms in total. The van der Waals surface area contributed by atoms with Gasteiger partial charge in [0.25, 0.3) is 0 Å². The van der Waals surface area contributed by atoms with E-state index in [1.54, 1.807) is 7.11 Å². The highest BCUT2D eigenvalue weighted by molar-refractivity contribution is 7.80. The Hall–Kier alpha value is -1.13. The second-order valence-corrected chi connectivity index (χ2v) is 4.48. The van der Waals surface area contributed by atoms with E-state index in [-0.39, 0.29) is 0 Å². The lowest BCUT2D eigenvalue weighted by Crippen LogP contribution is -2.14. The maximum Gasteiger partial charge on any atom is 0.106 e. The van der Waals surface area contributed by atoms with Crippen molar-refractivity contribution in [2.75, 3.05) is 25.6 Å². The van der Waals surface area contributed by atoms with E-state index in [2.05, 4.69) is 11.4 Å². The molecule has 1 aromatic carbocycles. The third-order valence-corrected chi connectivity index (χ3v) is 2.75. The number of thiocarbonyl (C=S) groups is 1. The van der Waals surface area contributed by atoms with Crippen molar-refractivity contribution >= 4 is 22.9 Å². The Morgan fingerprint density at radius 2 is 2.18 bits per heavy atom. The van der Waals surface area contributed by atoms with Crippen LogP contribution < -0.4 is 11.1 Å². The third kappa shape index (κ3) is 4.71. The first kappa shape index (κ1) is 13.9. The molecule has 0 saturated heterocycles. The van der Waals surface area contributed by atoms with Gasteiger partial charge in [0.1, 0.15) is 4.99 Å². The monoisotopic (exact) mass is 252 g/mol. The Morgan fingerprint density at radius 1 is 1.41 bits per heavy atom. The number of ether oxygens (including phenoxy) is 1. The van der Waals surface area contributed by atoms with Gasteiger partial charge in [-0.15, -0.1) is 0 Å². The highest BCUT2D eigenvalue weighted by atomic mass is 32.1. The Morgan fingerprint density at radius 3 is 2.82 bits per heavy atom. The first-order valence-corrected chi connectivity index (χ1v) is 6.19. The van der Waals surface area contributed by atoms with Crippen LogP contribution in [-0.4, -0.2) is 25.2 Å². The molecule has 0 saturated carbocycles. The summed E-state index contributed by atoms with van der Waals surface area (Å²) >= 11 is 5.05. The summed E-state index contributed by atoms with van der Waals surface area (Å²) in [5, 5.41) is 3.36. The molecule has 3 N–H and O–H groups in total. The molecule has 0 fully saturated rings. The largest absolute Gasteiger partial charge is 0.389 e. The van der Waals surface area contributed by atoms with E-state index in [1.165, 1.54) is 0 Å². The van der Waals surface area contributed by atoms with Gasteiger partial charge in [0.2, 0.25) is 0 Å². The number of benzene rings is 1. The van der Waals surface area contributed by atoms with Gasteiger partial charge in [-0.05, 0) is 31.9 Å². The number of nitrogens with two attached hydrogens (primary N) is 1. The van der Waals surface area contributed by atoms with Crippen LogP contribution >= 0.6 is 12.2 Å². The van der Waals surface area contributed by atoms with Crippen LogP contribution in [0.4, 0.5) is 5.69 Å². The summed E-state index contributed by atoms with van der Waals surface area (Å²) in [6, 6.07) is 6.10. The van der Waals surface area contributed by atoms with Crippen molar-refractivity contribution in [3.05, 3.63) is 29.3 Å². The number of anilines is 1. The summed E-state index contributed by atoms with van der Waals surface area (Å²) in [5.41, 5.74) is 8.81. The fraction of sp³-hybridized carbons (Fsp3) is 0.462. The highest BCUT2D eigenvalue weighted by Gasteiger charge is 2.04. The zero-order chi connectivity index (χ0) is 12.7. The van der Waals surface area contributed by atoms with Crippen LogP contribution in [-0.2, 0) is 4.74 Å². The van der Waals surface area contributed by atoms with E-state index < -0.39 is 0 Å². The minimum atomic E-state index is 0.438. The van der Waals surface area contributed by atoms with Crippen molar-refractivity contribution in [1.82, 2.24) is 0 Å². The molecule has 0 spiro atoms. The highest BCUT2D eigenvalue weighted by Crippen LogP contribution is 2.17. The molecule has 0 atom stereocenters. The molecule has 0 heterocycles. The molecule has 0 aromatic heterocycles. The SMILES string of the molecule is COCCCCNc1ccc(C)cc1C(N)=S. The fourth-order valence-electron chi connectivity index (χ4n) is 1.61. The van der Waals surface area contributed by atoms with Crippen molar-refractivity contribution in [3.8, 4) is 0 Å². The van der Waals surface area contributed by atoms with Crippen LogP contribution in [0.15, 0.2) is 18.2 Å². The Balaban J connectivity index is 2.55. The summed E-state index contributed by atoms with van der Waals surface area (Å²) in [7, 11) is 1.72. The summed E-state index contributed by atoms with van der Waals surface area (Å²) in [6.45, 7) is 3.74. The minimum absolute atomic E-state index is 0.438. The van der Waals surface area contributed by atoms with Gasteiger partial charge in [-0.1, -0.05) is 23.8 Å². The minimum Gasteiger partial charge on any atom is -0.389 e. The van der Waals surface area contributed by atoms with Crippen LogP contribution in [0.5, 0.6) is 0 Å². The Labute approximate surface area is 108 Å². The second kappa shape index (κ2) is 7.25. The lowest BCUT2D eigenvalue weighted by molar-refractivity contribution is 0.194. The molecule has 17 heavy (non-hydrogen) atoms. The topological polar surface area (TPSA) is 47.3 Å². The van der Waals surface area contributed by atoms with Crippen LogP contribution in [0.1, 0.15) is 24.0 Å². The summed E-state index contributed by atoms with van der Waals surface area (Å²) in [4.78, 5) is 0.438. The maximum absolute atomic E-state index is 5.71. The molecule has 1 aromatic rings. The normalized spacial score (nSPS) is 10.2. The van der Waals surface area contributed by atoms with Crippen LogP contribution in [0.2, 0.25) is 0 Å². The van der Waals surface area contributed by atoms with Crippen molar-refractivity contribution in [3.63, 3.8) is 0 Å². The van der Waals surface area contributed by atoms with Gasteiger partial charge in [-0.25, -0.2) is 0 Å². The third-order valence-electron chi connectivity index (χ3n) is 2.53. The van der Waals surface area contributed by atoms with Crippen molar-refractivity contribution in [2.45, 2.75) is 19.8 Å². The molecule has 0 radical (unpaired) electrons. The molecule has 0 amide bonds. The number of hydrogen-bond donors (Lipinski definition) is 2. The average Bonchev–Trinajstić information content (AvgIpc) is 2.30. The predicted molar refractivity (Wildman–Crippen MR) is 76.7 cm³/mol. The lowest BCUT2D eigenvalue weighted by Gasteiger charge is -2.11. The lowest BCUT2D eigenvalue weighted by atomic mass is 10.1. The summed E-state index contributed by atoms with van der Waals surface area (Å²) in [6.07, 6.45) is 2.12. The van der Waals surface area contributed by atoms with E-state index in [0.29, 0.717) is 4.99 Å². The molecule has 0 aliphatic carbocycles. The number of nitrogens with one attached hydrogen (secondary N) is 1. The van der Waals surface area contributed by atoms with E-state index >= 15 is 0 Å². The zero-order valence-electron chi connectivity index (χ0n) is 10.5. The molecular weight excluding hydrogens is 232 g/mol. The van der Waals surface area contributed by atoms with Gasteiger partial charge in [-0.2, -0.15) is 0 Å². The van der Waals surface area contributed by atoms with Gasteiger partial charge >= 0.3 is 0 Å². The van der Waals surface area contributed by atoms with Gasteiger partial charge in [0, 0.05) is 31.5 Å². The van der Waals surface area contributed by atoms with Crippen molar-refractivity contribution in [1.29, 1.82) is 0 Å². The molecular formula is C13H20N2OS. The van der Waals surface area contributed by atoms with E-state index in [9.17, 15) is 0 Å². The number of unbranched alkanes of at least 4 members (excludes halogenated alkanes) is 1. The second-order valence-electron chi connectivity index (χ2n) is 4.04. The standard InChI is InChI=1S/C13H20N2OS/c1-10-5-6-12(11(9-10)13(14)17)15-7-3-4-8-16-2/h5-6,9,15H,3-4,7-8H2,1-2H3,(H2,14,17). The molecule has 1 rings (SSSR count). The smallest absolute Gasteiger partial charge is 0.106 e. The molecule has 0 bridgehead atoms. The van der Waals surface area contributed by atoms with Crippen molar-refractivity contribution in [2.24, 2.45) is 5.73 Å². The first-order chi connectivity index (χ1) is 8.15. The summed E-state index contributed by atoms with van der Waals surface area (Å²) < 4.78 is 5.00. The van der Waals surface area contributed by atoms with Crippen molar-refractivity contribution < 1.29 is 4.74 Å². The molecule has 4 heteroatoms. The molecule has 94 valence electrons. The van der Waals surface area contributed by atoms with Crippen LogP contribution in [0, 0.1) is 6.92 Å². The predicted octanol–water partition coefficient (Wildman–Crippen LogP) is 2.47. The number of methoxy groups -OCH3 is 1. The van der Waals surface area contributed by atoms with Crippen LogP contribution in [0.3, 0.4) is 0 Å². The Bertz CT molecular complexity index is 380. The molecule has 0 unspecified atom stereocenters. The number of aryl methyl sites for hydroxylation is 1. The fourth-order valence-corrected chi connectivity index (χ4v) is 1.78. The zero-order valence-corrected chi connectivity index (χ0v) is 11.3. The van der Waals surface area contributed by atoms with E-state index in [0.717, 1.165) is 42.8 Å². The summed E-state index contributed by atoms with van der Waals surface area (Å²) in [5.74, 6) is 0. The molecule has 0 aliphatic rings. The van der Waals surface area contributed by atoms with E-state index in [1.807, 2.05) is 19.1 Å². The quantitative estimate of drug-likeness (QED) is 0.578. The maximum atomic E-state index is 5.71. The average molecular weight is 252 g/mol. The van der Waals surface area contributed by atoms with Gasteiger partial charge < -0.3 is 15.8 Å². The molecule has 0 aliphatic heterocycles.